The van der Waals surface area contributed by atoms with Crippen molar-refractivity contribution < 1.29 is 19.0 Å². The molecule has 1 aliphatic heterocycles. The molecule has 2 aromatic rings. The summed E-state index contributed by atoms with van der Waals surface area (Å²) in [5.74, 6) is -1.04. The Labute approximate surface area is 138 Å². The van der Waals surface area contributed by atoms with Crippen molar-refractivity contribution in [1.29, 1.82) is 0 Å². The maximum absolute atomic E-state index is 13.7. The van der Waals surface area contributed by atoms with Gasteiger partial charge >= 0.3 is 0 Å². The molecule has 0 radical (unpaired) electrons. The zero-order chi connectivity index (χ0) is 17.1. The molecule has 1 atom stereocenters. The van der Waals surface area contributed by atoms with Crippen molar-refractivity contribution in [2.75, 3.05) is 18.4 Å². The van der Waals surface area contributed by atoms with E-state index < -0.39 is 10.7 Å². The summed E-state index contributed by atoms with van der Waals surface area (Å²) >= 11 is 0. The van der Waals surface area contributed by atoms with E-state index in [9.17, 15) is 19.3 Å². The van der Waals surface area contributed by atoms with Crippen LogP contribution in [0, 0.1) is 15.9 Å². The first-order chi connectivity index (χ1) is 11.5. The van der Waals surface area contributed by atoms with Crippen LogP contribution in [0.15, 0.2) is 42.5 Å². The first-order valence-corrected chi connectivity index (χ1v) is 7.67. The van der Waals surface area contributed by atoms with Gasteiger partial charge in [-0.1, -0.05) is 24.3 Å². The molecule has 0 bridgehead atoms. The SMILES string of the molecule is O=C(C[NH+]1CCc2ccccc2C1)Nc1cc([N+](=O)[O-])ccc1F. The summed E-state index contributed by atoms with van der Waals surface area (Å²) < 4.78 is 13.7. The molecule has 3 rings (SSSR count). The molecule has 0 aromatic heterocycles. The molecule has 0 aliphatic carbocycles. The van der Waals surface area contributed by atoms with Crippen LogP contribution in [0.4, 0.5) is 15.8 Å². The molecule has 124 valence electrons. The molecule has 24 heavy (non-hydrogen) atoms. The van der Waals surface area contributed by atoms with Gasteiger partial charge < -0.3 is 10.2 Å². The minimum Gasteiger partial charge on any atom is -0.323 e. The van der Waals surface area contributed by atoms with E-state index in [4.69, 9.17) is 0 Å². The number of carbonyl (C=O) groups is 1. The summed E-state index contributed by atoms with van der Waals surface area (Å²) in [5.41, 5.74) is 2.09. The predicted octanol–water partition coefficient (Wildman–Crippen LogP) is 1.31. The molecule has 0 spiro atoms. The summed E-state index contributed by atoms with van der Waals surface area (Å²) in [5, 5.41) is 13.2. The summed E-state index contributed by atoms with van der Waals surface area (Å²) in [6.07, 6.45) is 0.893. The highest BCUT2D eigenvalue weighted by molar-refractivity contribution is 5.91. The fourth-order valence-corrected chi connectivity index (χ4v) is 2.94. The number of hydrogen-bond acceptors (Lipinski definition) is 3. The largest absolute Gasteiger partial charge is 0.323 e. The van der Waals surface area contributed by atoms with E-state index in [1.807, 2.05) is 18.2 Å². The molecular weight excluding hydrogens is 313 g/mol. The van der Waals surface area contributed by atoms with Gasteiger partial charge in [0.25, 0.3) is 11.6 Å². The fourth-order valence-electron chi connectivity index (χ4n) is 2.94. The molecular formula is C17H17FN3O3+. The third-order valence-corrected chi connectivity index (χ3v) is 4.15. The third kappa shape index (κ3) is 3.57. The van der Waals surface area contributed by atoms with Gasteiger partial charge in [-0.05, 0) is 11.6 Å². The molecule has 0 fully saturated rings. The summed E-state index contributed by atoms with van der Waals surface area (Å²) in [6.45, 7) is 1.75. The van der Waals surface area contributed by atoms with Crippen LogP contribution in [-0.4, -0.2) is 23.9 Å². The number of anilines is 1. The summed E-state index contributed by atoms with van der Waals surface area (Å²) in [6, 6.07) is 11.2. The summed E-state index contributed by atoms with van der Waals surface area (Å²) in [4.78, 5) is 23.4. The highest BCUT2D eigenvalue weighted by atomic mass is 19.1. The van der Waals surface area contributed by atoms with Gasteiger partial charge in [-0.25, -0.2) is 4.39 Å². The number of carbonyl (C=O) groups excluding carboxylic acids is 1. The number of fused-ring (bicyclic) bond motifs is 1. The smallest absolute Gasteiger partial charge is 0.279 e. The van der Waals surface area contributed by atoms with Gasteiger partial charge in [0.2, 0.25) is 0 Å². The number of rotatable bonds is 4. The number of benzene rings is 2. The van der Waals surface area contributed by atoms with Gasteiger partial charge in [0.15, 0.2) is 6.54 Å². The predicted molar refractivity (Wildman–Crippen MR) is 86.2 cm³/mol. The van der Waals surface area contributed by atoms with E-state index in [0.29, 0.717) is 0 Å². The fraction of sp³-hybridized carbons (Fsp3) is 0.235. The second-order valence-electron chi connectivity index (χ2n) is 5.84. The van der Waals surface area contributed by atoms with Gasteiger partial charge in [-0.15, -0.1) is 0 Å². The van der Waals surface area contributed by atoms with Gasteiger partial charge in [0.1, 0.15) is 12.4 Å². The lowest BCUT2D eigenvalue weighted by Crippen LogP contribution is -3.12. The van der Waals surface area contributed by atoms with Crippen LogP contribution in [0.3, 0.4) is 0 Å². The van der Waals surface area contributed by atoms with Crippen LogP contribution < -0.4 is 10.2 Å². The van der Waals surface area contributed by atoms with Crippen molar-refractivity contribution in [2.45, 2.75) is 13.0 Å². The zero-order valence-corrected chi connectivity index (χ0v) is 12.9. The Morgan fingerprint density at radius 1 is 1.25 bits per heavy atom. The van der Waals surface area contributed by atoms with E-state index in [1.54, 1.807) is 0 Å². The minimum absolute atomic E-state index is 0.161. The average Bonchev–Trinajstić information content (AvgIpc) is 2.56. The van der Waals surface area contributed by atoms with Crippen LogP contribution in [0.2, 0.25) is 0 Å². The van der Waals surface area contributed by atoms with Crippen LogP contribution >= 0.6 is 0 Å². The Kier molecular flexibility index (Phi) is 4.52. The van der Waals surface area contributed by atoms with E-state index in [2.05, 4.69) is 11.4 Å². The number of halogens is 1. The monoisotopic (exact) mass is 330 g/mol. The van der Waals surface area contributed by atoms with E-state index in [1.165, 1.54) is 11.1 Å². The molecule has 0 saturated heterocycles. The lowest BCUT2D eigenvalue weighted by atomic mass is 10.00. The molecule has 6 nitrogen and oxygen atoms in total. The Bertz CT molecular complexity index is 794. The van der Waals surface area contributed by atoms with Crippen LogP contribution in [-0.2, 0) is 17.8 Å². The van der Waals surface area contributed by atoms with E-state index in [-0.39, 0.29) is 23.8 Å². The number of non-ortho nitro benzene ring substituents is 1. The van der Waals surface area contributed by atoms with Gasteiger partial charge in [-0.2, -0.15) is 0 Å². The molecule has 1 unspecified atom stereocenters. The van der Waals surface area contributed by atoms with Gasteiger partial charge in [-0.3, -0.25) is 14.9 Å². The highest BCUT2D eigenvalue weighted by Gasteiger charge is 2.22. The maximum Gasteiger partial charge on any atom is 0.279 e. The lowest BCUT2D eigenvalue weighted by molar-refractivity contribution is -0.907. The molecule has 2 aromatic carbocycles. The summed E-state index contributed by atoms with van der Waals surface area (Å²) in [7, 11) is 0. The molecule has 1 amide bonds. The first-order valence-electron chi connectivity index (χ1n) is 7.67. The topological polar surface area (TPSA) is 76.7 Å². The lowest BCUT2D eigenvalue weighted by Gasteiger charge is -2.25. The quantitative estimate of drug-likeness (QED) is 0.656. The van der Waals surface area contributed by atoms with Crippen molar-refractivity contribution in [3.8, 4) is 0 Å². The van der Waals surface area contributed by atoms with Crippen LogP contribution in [0.1, 0.15) is 11.1 Å². The Balaban J connectivity index is 1.65. The van der Waals surface area contributed by atoms with Crippen molar-refractivity contribution >= 4 is 17.3 Å². The Morgan fingerprint density at radius 2 is 2.00 bits per heavy atom. The van der Waals surface area contributed by atoms with E-state index >= 15 is 0 Å². The standard InChI is InChI=1S/C17H16FN3O3/c18-15-6-5-14(21(23)24)9-16(15)19-17(22)11-20-8-7-12-3-1-2-4-13(12)10-20/h1-6,9H,7-8,10-11H2,(H,19,22)/p+1. The Hall–Kier alpha value is -2.80. The minimum atomic E-state index is -0.687. The third-order valence-electron chi connectivity index (χ3n) is 4.15. The highest BCUT2D eigenvalue weighted by Crippen LogP contribution is 2.21. The number of nitro benzene ring substituents is 1. The number of nitrogens with one attached hydrogen (secondary N) is 2. The number of amides is 1. The molecule has 0 saturated carbocycles. The van der Waals surface area contributed by atoms with E-state index in [0.717, 1.165) is 42.6 Å². The normalized spacial score (nSPS) is 16.3. The molecule has 1 heterocycles. The second kappa shape index (κ2) is 6.76. The van der Waals surface area contributed by atoms with Crippen molar-refractivity contribution in [3.05, 3.63) is 69.5 Å². The van der Waals surface area contributed by atoms with Crippen LogP contribution in [0.25, 0.3) is 0 Å². The first kappa shape index (κ1) is 16.1. The number of nitro groups is 1. The molecule has 1 aliphatic rings. The number of nitrogens with zero attached hydrogens (tertiary/aromatic N) is 1. The van der Waals surface area contributed by atoms with Crippen molar-refractivity contribution in [1.82, 2.24) is 0 Å². The van der Waals surface area contributed by atoms with Crippen molar-refractivity contribution in [2.24, 2.45) is 0 Å². The van der Waals surface area contributed by atoms with Gasteiger partial charge in [0.05, 0.1) is 17.2 Å². The average molecular weight is 330 g/mol. The second-order valence-corrected chi connectivity index (χ2v) is 5.84. The zero-order valence-electron chi connectivity index (χ0n) is 12.9. The Morgan fingerprint density at radius 3 is 2.75 bits per heavy atom. The molecule has 7 heteroatoms. The molecule has 2 N–H and O–H groups in total. The van der Waals surface area contributed by atoms with Crippen molar-refractivity contribution in [3.63, 3.8) is 0 Å². The van der Waals surface area contributed by atoms with Gasteiger partial charge in [0, 0.05) is 24.1 Å². The number of quaternary nitrogens is 1. The number of hydrogen-bond donors (Lipinski definition) is 2. The maximum atomic E-state index is 13.7. The van der Waals surface area contributed by atoms with Crippen LogP contribution in [0.5, 0.6) is 0 Å².